The fourth-order valence-electron chi connectivity index (χ4n) is 2.21. The molecule has 0 amide bonds. The van der Waals surface area contributed by atoms with E-state index in [0.29, 0.717) is 37.9 Å². The molecule has 0 rings (SSSR count). The van der Waals surface area contributed by atoms with Crippen molar-refractivity contribution in [3.63, 3.8) is 0 Å². The summed E-state index contributed by atoms with van der Waals surface area (Å²) in [5.74, 6) is 1.79. The van der Waals surface area contributed by atoms with Gasteiger partial charge in [-0.05, 0) is 27.7 Å². The summed E-state index contributed by atoms with van der Waals surface area (Å²) in [6, 6.07) is 0. The molecule has 0 aliphatic rings. The van der Waals surface area contributed by atoms with Gasteiger partial charge in [-0.3, -0.25) is 9.32 Å². The van der Waals surface area contributed by atoms with Crippen LogP contribution in [0.2, 0.25) is 0 Å². The Hall–Kier alpha value is 0.360. The number of hydrogen-bond acceptors (Lipinski definition) is 8. The fourth-order valence-corrected chi connectivity index (χ4v) is 3.94. The third-order valence-electron chi connectivity index (χ3n) is 3.54. The van der Waals surface area contributed by atoms with Crippen LogP contribution < -0.4 is 0 Å². The SMILES string of the molecule is CC(CSCCOCCOCCS)C(=O)C(C)(C)OCC(C)(C)OP(=O)(O)O. The van der Waals surface area contributed by atoms with Crippen LogP contribution in [-0.2, 0) is 28.1 Å². The predicted molar refractivity (Wildman–Crippen MR) is 114 cm³/mol. The van der Waals surface area contributed by atoms with Crippen LogP contribution in [0.15, 0.2) is 0 Å². The molecule has 8 nitrogen and oxygen atoms in total. The first-order valence-corrected chi connectivity index (χ1v) is 12.4. The van der Waals surface area contributed by atoms with Crippen molar-refractivity contribution in [1.29, 1.82) is 0 Å². The molecule has 0 aliphatic carbocycles. The Bertz CT molecular complexity index is 496. The van der Waals surface area contributed by atoms with Gasteiger partial charge in [0, 0.05) is 23.2 Å². The van der Waals surface area contributed by atoms with Crippen LogP contribution in [0, 0.1) is 5.92 Å². The van der Waals surface area contributed by atoms with Crippen molar-refractivity contribution >= 4 is 38.0 Å². The number of phosphoric ester groups is 1. The molecule has 0 aromatic heterocycles. The van der Waals surface area contributed by atoms with Gasteiger partial charge in [-0.2, -0.15) is 24.4 Å². The zero-order valence-corrected chi connectivity index (χ0v) is 20.0. The first-order valence-electron chi connectivity index (χ1n) is 9.09. The quantitative estimate of drug-likeness (QED) is 0.171. The molecule has 0 saturated heterocycles. The molecule has 0 spiro atoms. The van der Waals surface area contributed by atoms with E-state index < -0.39 is 19.0 Å². The van der Waals surface area contributed by atoms with Crippen molar-refractivity contribution in [2.24, 2.45) is 5.92 Å². The zero-order valence-electron chi connectivity index (χ0n) is 17.4. The molecule has 0 aromatic carbocycles. The third-order valence-corrected chi connectivity index (χ3v) is 5.64. The number of Topliss-reactive ketones (excluding diaryl/α,β-unsaturated/α-hetero) is 1. The highest BCUT2D eigenvalue weighted by atomic mass is 32.2. The van der Waals surface area contributed by atoms with Crippen molar-refractivity contribution in [1.82, 2.24) is 0 Å². The van der Waals surface area contributed by atoms with E-state index in [1.54, 1.807) is 25.6 Å². The van der Waals surface area contributed by atoms with Crippen LogP contribution >= 0.6 is 32.2 Å². The van der Waals surface area contributed by atoms with E-state index in [1.165, 1.54) is 13.8 Å². The average molecular weight is 463 g/mol. The molecule has 28 heavy (non-hydrogen) atoms. The van der Waals surface area contributed by atoms with Gasteiger partial charge >= 0.3 is 7.82 Å². The van der Waals surface area contributed by atoms with Gasteiger partial charge < -0.3 is 24.0 Å². The van der Waals surface area contributed by atoms with E-state index in [4.69, 9.17) is 28.5 Å². The minimum Gasteiger partial charge on any atom is -0.378 e. The topological polar surface area (TPSA) is 112 Å². The Balaban J connectivity index is 4.15. The summed E-state index contributed by atoms with van der Waals surface area (Å²) < 4.78 is 32.0. The fraction of sp³-hybridized carbons (Fsp3) is 0.941. The smallest absolute Gasteiger partial charge is 0.378 e. The van der Waals surface area contributed by atoms with Gasteiger partial charge in [0.2, 0.25) is 0 Å². The molecule has 0 heterocycles. The highest BCUT2D eigenvalue weighted by Gasteiger charge is 2.36. The monoisotopic (exact) mass is 462 g/mol. The van der Waals surface area contributed by atoms with Crippen LogP contribution in [0.25, 0.3) is 0 Å². The van der Waals surface area contributed by atoms with E-state index in [0.717, 1.165) is 5.75 Å². The van der Waals surface area contributed by atoms with Gasteiger partial charge in [-0.25, -0.2) is 4.57 Å². The summed E-state index contributed by atoms with van der Waals surface area (Å²) >= 11 is 5.67. The lowest BCUT2D eigenvalue weighted by atomic mass is 9.93. The van der Waals surface area contributed by atoms with Gasteiger partial charge in [-0.15, -0.1) is 0 Å². The van der Waals surface area contributed by atoms with Crippen molar-refractivity contribution < 1.29 is 37.9 Å². The third kappa shape index (κ3) is 14.4. The molecule has 0 fully saturated rings. The molecular weight excluding hydrogens is 427 g/mol. The largest absolute Gasteiger partial charge is 0.470 e. The minimum atomic E-state index is -4.64. The lowest BCUT2D eigenvalue weighted by molar-refractivity contribution is -0.150. The molecule has 0 bridgehead atoms. The molecule has 1 atom stereocenters. The molecule has 1 unspecified atom stereocenters. The maximum Gasteiger partial charge on any atom is 0.470 e. The first-order chi connectivity index (χ1) is 12.8. The van der Waals surface area contributed by atoms with Crippen molar-refractivity contribution in [3.05, 3.63) is 0 Å². The number of carbonyl (C=O) groups is 1. The van der Waals surface area contributed by atoms with Crippen LogP contribution in [0.5, 0.6) is 0 Å². The normalized spacial score (nSPS) is 14.3. The van der Waals surface area contributed by atoms with Crippen LogP contribution in [0.3, 0.4) is 0 Å². The van der Waals surface area contributed by atoms with E-state index in [9.17, 15) is 9.36 Å². The number of thiol groups is 1. The Morgan fingerprint density at radius 3 is 2.21 bits per heavy atom. The number of phosphoric acid groups is 1. The van der Waals surface area contributed by atoms with E-state index in [2.05, 4.69) is 12.6 Å². The molecule has 0 aromatic rings. The van der Waals surface area contributed by atoms with Gasteiger partial charge in [0.1, 0.15) is 5.60 Å². The van der Waals surface area contributed by atoms with Crippen molar-refractivity contribution in [2.45, 2.75) is 45.8 Å². The summed E-state index contributed by atoms with van der Waals surface area (Å²) in [5.41, 5.74) is -2.31. The van der Waals surface area contributed by atoms with E-state index >= 15 is 0 Å². The summed E-state index contributed by atoms with van der Waals surface area (Å²) in [4.78, 5) is 30.5. The summed E-state index contributed by atoms with van der Waals surface area (Å²) in [6.07, 6.45) is 0. The standard InChI is InChI=1S/C17H35O8PS2/c1-14(12-28-11-9-23-7-6-22-8-10-27)15(18)17(4,5)24-13-16(2,3)25-26(19,20)21/h14,27H,6-13H2,1-5H3,(H2,19,20,21). The van der Waals surface area contributed by atoms with Crippen molar-refractivity contribution in [3.8, 4) is 0 Å². The second-order valence-electron chi connectivity index (χ2n) is 7.43. The second kappa shape index (κ2) is 13.6. The number of rotatable bonds is 17. The Kier molecular flexibility index (Phi) is 13.8. The van der Waals surface area contributed by atoms with E-state index in [1.807, 2.05) is 6.92 Å². The number of thioether (sulfide) groups is 1. The highest BCUT2D eigenvalue weighted by Crippen LogP contribution is 2.41. The van der Waals surface area contributed by atoms with Gasteiger partial charge in [-0.1, -0.05) is 6.92 Å². The highest BCUT2D eigenvalue weighted by molar-refractivity contribution is 7.99. The minimum absolute atomic E-state index is 0.0759. The zero-order chi connectivity index (χ0) is 21.8. The van der Waals surface area contributed by atoms with Crippen molar-refractivity contribution in [2.75, 3.05) is 50.3 Å². The Morgan fingerprint density at radius 2 is 1.68 bits per heavy atom. The van der Waals surface area contributed by atoms with E-state index in [-0.39, 0.29) is 18.3 Å². The average Bonchev–Trinajstić information content (AvgIpc) is 2.56. The van der Waals surface area contributed by atoms with Crippen LogP contribution in [-0.4, -0.2) is 77.1 Å². The Labute approximate surface area is 178 Å². The van der Waals surface area contributed by atoms with Crippen LogP contribution in [0.1, 0.15) is 34.6 Å². The lowest BCUT2D eigenvalue weighted by Gasteiger charge is -2.32. The van der Waals surface area contributed by atoms with Crippen LogP contribution in [0.4, 0.5) is 0 Å². The molecule has 0 radical (unpaired) electrons. The molecule has 11 heteroatoms. The number of ketones is 1. The molecule has 0 saturated carbocycles. The summed E-state index contributed by atoms with van der Waals surface area (Å²) in [5, 5.41) is 0. The molecule has 168 valence electrons. The lowest BCUT2D eigenvalue weighted by Crippen LogP contribution is -2.43. The predicted octanol–water partition coefficient (Wildman–Crippen LogP) is 2.57. The number of carbonyl (C=O) groups excluding carboxylic acids is 1. The van der Waals surface area contributed by atoms with Gasteiger partial charge in [0.15, 0.2) is 5.78 Å². The number of hydrogen-bond donors (Lipinski definition) is 3. The second-order valence-corrected chi connectivity index (χ2v) is 10.2. The summed E-state index contributed by atoms with van der Waals surface area (Å²) in [6.45, 7) is 10.3. The summed E-state index contributed by atoms with van der Waals surface area (Å²) in [7, 11) is -4.64. The van der Waals surface area contributed by atoms with Gasteiger partial charge in [0.05, 0.1) is 38.6 Å². The Morgan fingerprint density at radius 1 is 1.11 bits per heavy atom. The maximum atomic E-state index is 12.6. The molecular formula is C17H35O8PS2. The van der Waals surface area contributed by atoms with Gasteiger partial charge in [0.25, 0.3) is 0 Å². The first kappa shape index (κ1) is 28.4. The molecule has 2 N–H and O–H groups in total. The number of ether oxygens (including phenoxy) is 3. The molecule has 0 aliphatic heterocycles. The maximum absolute atomic E-state index is 12.6.